The molecule has 21 heavy (non-hydrogen) atoms. The molecule has 9 heteroatoms. The second-order valence-electron chi connectivity index (χ2n) is 4.53. The van der Waals surface area contributed by atoms with E-state index in [1.165, 1.54) is 30.5 Å². The fraction of sp³-hybridized carbons (Fsp3) is 0.167. The van der Waals surface area contributed by atoms with E-state index >= 15 is 0 Å². The number of H-pyrrole nitrogens is 2. The number of aromatic nitrogens is 3. The summed E-state index contributed by atoms with van der Waals surface area (Å²) in [5, 5.41) is 2.18. The quantitative estimate of drug-likeness (QED) is 0.761. The molecule has 0 fully saturated rings. The van der Waals surface area contributed by atoms with E-state index in [1.807, 2.05) is 0 Å². The predicted octanol–water partition coefficient (Wildman–Crippen LogP) is 1.45. The average molecular weight is 324 g/mol. The lowest BCUT2D eigenvalue weighted by Crippen LogP contribution is -2.26. The van der Waals surface area contributed by atoms with Crippen LogP contribution in [0.3, 0.4) is 0 Å². The Morgan fingerprint density at radius 2 is 1.95 bits per heavy atom. The summed E-state index contributed by atoms with van der Waals surface area (Å²) in [6.07, 6.45) is 0. The molecule has 0 bridgehead atoms. The van der Waals surface area contributed by atoms with Gasteiger partial charge in [0.1, 0.15) is 0 Å². The fourth-order valence-electron chi connectivity index (χ4n) is 1.92. The van der Waals surface area contributed by atoms with Crippen molar-refractivity contribution in [2.24, 2.45) is 0 Å². The van der Waals surface area contributed by atoms with Gasteiger partial charge >= 0.3 is 5.69 Å². The summed E-state index contributed by atoms with van der Waals surface area (Å²) in [4.78, 5) is 20.6. The highest BCUT2D eigenvalue weighted by atomic mass is 32.2. The van der Waals surface area contributed by atoms with E-state index in [-0.39, 0.29) is 10.6 Å². The number of fused-ring (bicyclic) bond motifs is 1. The SMILES string of the molecule is Cc1csc(N(C)S(=O)(=O)c2ccc3[nH]c(=O)[nH]c3c2)n1. The van der Waals surface area contributed by atoms with Crippen molar-refractivity contribution >= 4 is 37.5 Å². The first-order valence-corrected chi connectivity index (χ1v) is 8.33. The molecule has 0 saturated heterocycles. The zero-order valence-corrected chi connectivity index (χ0v) is 12.9. The molecule has 0 saturated carbocycles. The summed E-state index contributed by atoms with van der Waals surface area (Å²) in [5.41, 5.74) is 1.41. The number of rotatable bonds is 3. The zero-order valence-electron chi connectivity index (χ0n) is 11.2. The molecule has 2 N–H and O–H groups in total. The molecule has 7 nitrogen and oxygen atoms in total. The molecular weight excluding hydrogens is 312 g/mol. The molecule has 0 amide bonds. The standard InChI is InChI=1S/C12H12N4O3S2/c1-7-6-20-12(13-7)16(2)21(18,19)8-3-4-9-10(5-8)15-11(17)14-9/h3-6H,1-2H3,(H2,14,15,17). The minimum absolute atomic E-state index is 0.0978. The first-order chi connectivity index (χ1) is 9.88. The molecule has 0 unspecified atom stereocenters. The maximum atomic E-state index is 12.6. The lowest BCUT2D eigenvalue weighted by molar-refractivity contribution is 0.594. The van der Waals surface area contributed by atoms with Crippen molar-refractivity contribution in [3.63, 3.8) is 0 Å². The van der Waals surface area contributed by atoms with E-state index in [0.29, 0.717) is 16.2 Å². The second kappa shape index (κ2) is 4.71. The normalized spacial score (nSPS) is 11.9. The van der Waals surface area contributed by atoms with E-state index in [2.05, 4.69) is 15.0 Å². The molecule has 3 aromatic rings. The van der Waals surface area contributed by atoms with Gasteiger partial charge < -0.3 is 9.97 Å². The molecule has 2 heterocycles. The first kappa shape index (κ1) is 13.8. The zero-order chi connectivity index (χ0) is 15.2. The van der Waals surface area contributed by atoms with E-state index in [4.69, 9.17) is 0 Å². The predicted molar refractivity (Wildman–Crippen MR) is 81.4 cm³/mol. The number of sulfonamides is 1. The lowest BCUT2D eigenvalue weighted by Gasteiger charge is -2.16. The molecule has 0 spiro atoms. The fourth-order valence-corrected chi connectivity index (χ4v) is 4.09. The Hall–Kier alpha value is -2.13. The highest BCUT2D eigenvalue weighted by Gasteiger charge is 2.23. The van der Waals surface area contributed by atoms with Crippen LogP contribution in [0.15, 0.2) is 33.3 Å². The van der Waals surface area contributed by atoms with E-state index in [0.717, 1.165) is 10.00 Å². The summed E-state index contributed by atoms with van der Waals surface area (Å²) in [7, 11) is -2.26. The topological polar surface area (TPSA) is 98.9 Å². The van der Waals surface area contributed by atoms with Crippen LogP contribution in [0.25, 0.3) is 11.0 Å². The number of nitrogens with one attached hydrogen (secondary N) is 2. The van der Waals surface area contributed by atoms with Gasteiger partial charge in [0, 0.05) is 12.4 Å². The van der Waals surface area contributed by atoms with E-state index in [9.17, 15) is 13.2 Å². The number of imidazole rings is 1. The van der Waals surface area contributed by atoms with Gasteiger partial charge in [0.05, 0.1) is 21.6 Å². The number of aromatic amines is 2. The number of thiazole rings is 1. The van der Waals surface area contributed by atoms with Crippen LogP contribution < -0.4 is 9.99 Å². The van der Waals surface area contributed by atoms with Crippen LogP contribution in [-0.2, 0) is 10.0 Å². The lowest BCUT2D eigenvalue weighted by atomic mass is 10.3. The Labute approximate surface area is 124 Å². The Kier molecular flexibility index (Phi) is 3.10. The highest BCUT2D eigenvalue weighted by molar-refractivity contribution is 7.93. The summed E-state index contributed by atoms with van der Waals surface area (Å²) in [5.74, 6) is 0. The van der Waals surface area contributed by atoms with Gasteiger partial charge in [-0.15, -0.1) is 11.3 Å². The van der Waals surface area contributed by atoms with Crippen LogP contribution in [0.4, 0.5) is 5.13 Å². The maximum absolute atomic E-state index is 12.6. The number of benzene rings is 1. The van der Waals surface area contributed by atoms with Crippen molar-refractivity contribution in [2.45, 2.75) is 11.8 Å². The van der Waals surface area contributed by atoms with E-state index in [1.54, 1.807) is 18.4 Å². The smallest absolute Gasteiger partial charge is 0.306 e. The Balaban J connectivity index is 2.08. The Morgan fingerprint density at radius 1 is 1.24 bits per heavy atom. The van der Waals surface area contributed by atoms with Crippen molar-refractivity contribution in [1.82, 2.24) is 15.0 Å². The van der Waals surface area contributed by atoms with Crippen molar-refractivity contribution in [3.8, 4) is 0 Å². The third-order valence-corrected chi connectivity index (χ3v) is 5.92. The van der Waals surface area contributed by atoms with Crippen molar-refractivity contribution in [3.05, 3.63) is 39.8 Å². The third kappa shape index (κ3) is 2.34. The van der Waals surface area contributed by atoms with Gasteiger partial charge in [0.25, 0.3) is 10.0 Å². The number of hydrogen-bond acceptors (Lipinski definition) is 5. The molecule has 0 atom stereocenters. The van der Waals surface area contributed by atoms with Crippen molar-refractivity contribution in [1.29, 1.82) is 0 Å². The number of anilines is 1. The molecule has 110 valence electrons. The van der Waals surface area contributed by atoms with Gasteiger partial charge in [-0.3, -0.25) is 0 Å². The largest absolute Gasteiger partial charge is 0.323 e. The molecule has 0 aliphatic carbocycles. The van der Waals surface area contributed by atoms with Crippen molar-refractivity contribution in [2.75, 3.05) is 11.4 Å². The first-order valence-electron chi connectivity index (χ1n) is 6.01. The minimum atomic E-state index is -3.72. The molecule has 3 rings (SSSR count). The van der Waals surface area contributed by atoms with Crippen LogP contribution in [-0.4, -0.2) is 30.4 Å². The molecule has 1 aromatic carbocycles. The summed E-state index contributed by atoms with van der Waals surface area (Å²) >= 11 is 1.26. The van der Waals surface area contributed by atoms with E-state index < -0.39 is 10.0 Å². The Morgan fingerprint density at radius 3 is 2.62 bits per heavy atom. The summed E-state index contributed by atoms with van der Waals surface area (Å²) < 4.78 is 26.3. The highest BCUT2D eigenvalue weighted by Crippen LogP contribution is 2.26. The number of nitrogens with zero attached hydrogens (tertiary/aromatic N) is 2. The van der Waals surface area contributed by atoms with Crippen LogP contribution in [0, 0.1) is 6.92 Å². The van der Waals surface area contributed by atoms with Gasteiger partial charge in [-0.1, -0.05) is 0 Å². The average Bonchev–Trinajstić information content (AvgIpc) is 3.01. The molecular formula is C12H12N4O3S2. The Bertz CT molecular complexity index is 968. The number of aryl methyl sites for hydroxylation is 1. The minimum Gasteiger partial charge on any atom is -0.306 e. The summed E-state index contributed by atoms with van der Waals surface area (Å²) in [6.45, 7) is 1.80. The second-order valence-corrected chi connectivity index (χ2v) is 7.34. The van der Waals surface area contributed by atoms with Crippen LogP contribution in [0.2, 0.25) is 0 Å². The van der Waals surface area contributed by atoms with Crippen LogP contribution >= 0.6 is 11.3 Å². The molecule has 0 radical (unpaired) electrons. The molecule has 0 aliphatic rings. The molecule has 2 aromatic heterocycles. The monoisotopic (exact) mass is 324 g/mol. The van der Waals surface area contributed by atoms with Crippen molar-refractivity contribution < 1.29 is 8.42 Å². The molecule has 0 aliphatic heterocycles. The van der Waals surface area contributed by atoms with Crippen LogP contribution in [0.5, 0.6) is 0 Å². The van der Waals surface area contributed by atoms with Gasteiger partial charge in [-0.25, -0.2) is 22.5 Å². The van der Waals surface area contributed by atoms with Crippen LogP contribution in [0.1, 0.15) is 5.69 Å². The number of hydrogen-bond donors (Lipinski definition) is 2. The van der Waals surface area contributed by atoms with Gasteiger partial charge in [0.15, 0.2) is 5.13 Å². The maximum Gasteiger partial charge on any atom is 0.323 e. The van der Waals surface area contributed by atoms with Gasteiger partial charge in [0.2, 0.25) is 0 Å². The third-order valence-electron chi connectivity index (χ3n) is 3.02. The van der Waals surface area contributed by atoms with Gasteiger partial charge in [-0.2, -0.15) is 0 Å². The van der Waals surface area contributed by atoms with Gasteiger partial charge in [-0.05, 0) is 25.1 Å². The summed E-state index contributed by atoms with van der Waals surface area (Å²) in [6, 6.07) is 4.44.